The number of hydrogen-bond donors (Lipinski definition) is 2. The van der Waals surface area contributed by atoms with Crippen molar-refractivity contribution in [3.8, 4) is 11.3 Å². The molecule has 0 radical (unpaired) electrons. The second-order valence-electron chi connectivity index (χ2n) is 6.69. The van der Waals surface area contributed by atoms with Gasteiger partial charge in [0, 0.05) is 31.1 Å². The average molecular weight is 480 g/mol. The van der Waals surface area contributed by atoms with Crippen molar-refractivity contribution < 1.29 is 14.3 Å². The minimum absolute atomic E-state index is 0. The molecule has 0 aliphatic heterocycles. The summed E-state index contributed by atoms with van der Waals surface area (Å²) >= 11 is 0. The van der Waals surface area contributed by atoms with Gasteiger partial charge in [-0.3, -0.25) is 24.6 Å². The summed E-state index contributed by atoms with van der Waals surface area (Å²) in [4.78, 5) is 28.8. The van der Waals surface area contributed by atoms with E-state index in [4.69, 9.17) is 4.74 Å². The van der Waals surface area contributed by atoms with Gasteiger partial charge in [0.1, 0.15) is 5.82 Å². The van der Waals surface area contributed by atoms with E-state index in [1.165, 1.54) is 0 Å². The molecule has 0 spiro atoms. The maximum Gasteiger partial charge on any atom is 0.319 e. The number of amides is 1. The Morgan fingerprint density at radius 2 is 1.78 bits per heavy atom. The number of aromatic nitrogens is 3. The normalized spacial score (nSPS) is 10.9. The number of carbonyl (C=O) groups is 2. The molecule has 0 unspecified atom stereocenters. The zero-order valence-corrected chi connectivity index (χ0v) is 19.5. The highest BCUT2D eigenvalue weighted by atomic mass is 35.5. The van der Waals surface area contributed by atoms with E-state index in [1.807, 2.05) is 42.5 Å². The summed E-state index contributed by atoms with van der Waals surface area (Å²) in [7, 11) is 1.76. The van der Waals surface area contributed by atoms with Crippen LogP contribution in [0.4, 0.5) is 5.82 Å². The number of nitrogens with one attached hydrogen (secondary N) is 2. The van der Waals surface area contributed by atoms with Gasteiger partial charge in [0.15, 0.2) is 0 Å². The van der Waals surface area contributed by atoms with E-state index >= 15 is 0 Å². The number of halogens is 2. The highest BCUT2D eigenvalue weighted by molar-refractivity contribution is 5.95. The van der Waals surface area contributed by atoms with Crippen LogP contribution >= 0.6 is 24.8 Å². The van der Waals surface area contributed by atoms with Crippen LogP contribution < -0.4 is 10.6 Å². The first-order chi connectivity index (χ1) is 14.6. The zero-order chi connectivity index (χ0) is 21.3. The molecule has 1 amide bonds. The van der Waals surface area contributed by atoms with Crippen LogP contribution in [0, 0.1) is 0 Å². The molecular weight excluding hydrogens is 453 g/mol. The predicted octanol–water partition coefficient (Wildman–Crippen LogP) is 3.03. The van der Waals surface area contributed by atoms with Crippen molar-refractivity contribution in [2.45, 2.75) is 19.4 Å². The first-order valence-corrected chi connectivity index (χ1v) is 9.75. The first kappa shape index (κ1) is 27.1. The predicted molar refractivity (Wildman–Crippen MR) is 128 cm³/mol. The quantitative estimate of drug-likeness (QED) is 0.457. The molecular formula is C22H27Cl2N5O3. The molecule has 0 saturated heterocycles. The lowest BCUT2D eigenvalue weighted by atomic mass is 10.1. The second kappa shape index (κ2) is 13.5. The summed E-state index contributed by atoms with van der Waals surface area (Å²) in [6, 6.07) is 14.5. The third-order valence-corrected chi connectivity index (χ3v) is 4.50. The zero-order valence-electron chi connectivity index (χ0n) is 17.9. The molecule has 2 heterocycles. The first-order valence-electron chi connectivity index (χ1n) is 9.75. The monoisotopic (exact) mass is 479 g/mol. The van der Waals surface area contributed by atoms with Gasteiger partial charge in [0.2, 0.25) is 5.91 Å². The van der Waals surface area contributed by atoms with Crippen LogP contribution in [-0.2, 0) is 27.8 Å². The maximum absolute atomic E-state index is 13.0. The second-order valence-corrected chi connectivity index (χ2v) is 6.69. The Hall–Kier alpha value is -2.94. The van der Waals surface area contributed by atoms with E-state index in [9.17, 15) is 9.59 Å². The Labute approximate surface area is 199 Å². The number of esters is 1. The van der Waals surface area contributed by atoms with Gasteiger partial charge in [-0.1, -0.05) is 30.3 Å². The lowest BCUT2D eigenvalue weighted by molar-refractivity contribution is -0.142. The van der Waals surface area contributed by atoms with Gasteiger partial charge in [0.05, 0.1) is 24.9 Å². The molecule has 172 valence electrons. The fourth-order valence-electron chi connectivity index (χ4n) is 2.99. The molecule has 0 fully saturated rings. The van der Waals surface area contributed by atoms with E-state index in [2.05, 4.69) is 20.7 Å². The highest BCUT2D eigenvalue weighted by Gasteiger charge is 2.21. The Bertz CT molecular complexity index is 984. The minimum Gasteiger partial charge on any atom is -0.465 e. The summed E-state index contributed by atoms with van der Waals surface area (Å²) in [5.41, 5.74) is 2.62. The van der Waals surface area contributed by atoms with Crippen LogP contribution in [0.5, 0.6) is 0 Å². The van der Waals surface area contributed by atoms with Crippen molar-refractivity contribution in [2.24, 2.45) is 7.05 Å². The number of carbonyl (C=O) groups excluding carboxylic acids is 2. The Kier molecular flexibility index (Phi) is 11.4. The third-order valence-electron chi connectivity index (χ3n) is 4.50. The molecule has 1 aromatic carbocycles. The van der Waals surface area contributed by atoms with Crippen LogP contribution in [0.25, 0.3) is 11.3 Å². The Balaban J connectivity index is 0.00000256. The molecule has 0 saturated carbocycles. The fourth-order valence-corrected chi connectivity index (χ4v) is 2.99. The molecule has 10 heteroatoms. The van der Waals surface area contributed by atoms with Gasteiger partial charge < -0.3 is 10.1 Å². The summed E-state index contributed by atoms with van der Waals surface area (Å²) in [6.07, 6.45) is 3.82. The van der Waals surface area contributed by atoms with Crippen molar-refractivity contribution >= 4 is 42.5 Å². The molecule has 0 aliphatic rings. The summed E-state index contributed by atoms with van der Waals surface area (Å²) in [5, 5.41) is 10.4. The lowest BCUT2D eigenvalue weighted by Gasteiger charge is -2.18. The molecule has 0 bridgehead atoms. The van der Waals surface area contributed by atoms with Crippen LogP contribution in [0.1, 0.15) is 12.5 Å². The molecule has 0 aliphatic carbocycles. The van der Waals surface area contributed by atoms with Crippen molar-refractivity contribution in [3.63, 3.8) is 0 Å². The highest BCUT2D eigenvalue weighted by Crippen LogP contribution is 2.20. The minimum atomic E-state index is -0.615. The maximum atomic E-state index is 13.0. The molecule has 3 rings (SSSR count). The van der Waals surface area contributed by atoms with E-state index in [-0.39, 0.29) is 37.3 Å². The largest absolute Gasteiger partial charge is 0.465 e. The smallest absolute Gasteiger partial charge is 0.319 e. The standard InChI is InChI=1S/C22H25N5O3.2ClH/c1-3-30-21(28)15-24-19(13-16-7-5-4-6-8-16)22(29)25-20-14-18(26-27(20)2)17-9-11-23-12-10-17;;/h4-12,14,19,24H,3,13,15H2,1-2H3,(H,25,29);2*1H/t19-;;/m0../s1. The van der Waals surface area contributed by atoms with Crippen LogP contribution in [0.15, 0.2) is 60.9 Å². The average Bonchev–Trinajstić information content (AvgIpc) is 3.13. The SMILES string of the molecule is CCOC(=O)CN[C@@H](Cc1ccccc1)C(=O)Nc1cc(-c2ccncc2)nn1C.Cl.Cl. The van der Waals surface area contributed by atoms with E-state index in [1.54, 1.807) is 37.1 Å². The number of nitrogens with zero attached hydrogens (tertiary/aromatic N) is 3. The van der Waals surface area contributed by atoms with Gasteiger partial charge in [-0.05, 0) is 31.0 Å². The van der Waals surface area contributed by atoms with E-state index < -0.39 is 12.0 Å². The molecule has 1 atom stereocenters. The molecule has 2 N–H and O–H groups in total. The summed E-state index contributed by atoms with van der Waals surface area (Å²) in [5.74, 6) is -0.0980. The Morgan fingerprint density at radius 3 is 2.44 bits per heavy atom. The van der Waals surface area contributed by atoms with Crippen LogP contribution in [-0.4, -0.2) is 45.8 Å². The number of anilines is 1. The molecule has 32 heavy (non-hydrogen) atoms. The van der Waals surface area contributed by atoms with Gasteiger partial charge in [-0.2, -0.15) is 5.10 Å². The molecule has 2 aromatic heterocycles. The number of benzene rings is 1. The number of rotatable bonds is 9. The van der Waals surface area contributed by atoms with Crippen molar-refractivity contribution in [3.05, 3.63) is 66.5 Å². The third kappa shape index (κ3) is 7.64. The van der Waals surface area contributed by atoms with Gasteiger partial charge in [-0.25, -0.2) is 0 Å². The van der Waals surface area contributed by atoms with Crippen molar-refractivity contribution in [1.29, 1.82) is 0 Å². The summed E-state index contributed by atoms with van der Waals surface area (Å²) in [6.45, 7) is 1.99. The number of hydrogen-bond acceptors (Lipinski definition) is 6. The molecule has 8 nitrogen and oxygen atoms in total. The number of ether oxygens (including phenoxy) is 1. The van der Waals surface area contributed by atoms with Crippen molar-refractivity contribution in [2.75, 3.05) is 18.5 Å². The fraction of sp³-hybridized carbons (Fsp3) is 0.273. The van der Waals surface area contributed by atoms with Crippen molar-refractivity contribution in [1.82, 2.24) is 20.1 Å². The van der Waals surface area contributed by atoms with E-state index in [0.717, 1.165) is 16.8 Å². The van der Waals surface area contributed by atoms with Crippen LogP contribution in [0.2, 0.25) is 0 Å². The van der Waals surface area contributed by atoms with Gasteiger partial charge in [-0.15, -0.1) is 24.8 Å². The number of pyridine rings is 1. The van der Waals surface area contributed by atoms with Gasteiger partial charge in [0.25, 0.3) is 0 Å². The Morgan fingerprint density at radius 1 is 1.09 bits per heavy atom. The molecule has 3 aromatic rings. The van der Waals surface area contributed by atoms with Crippen LogP contribution in [0.3, 0.4) is 0 Å². The lowest BCUT2D eigenvalue weighted by Crippen LogP contribution is -2.44. The number of aryl methyl sites for hydroxylation is 1. The summed E-state index contributed by atoms with van der Waals surface area (Å²) < 4.78 is 6.57. The topological polar surface area (TPSA) is 98.1 Å². The van der Waals surface area contributed by atoms with Gasteiger partial charge >= 0.3 is 5.97 Å². The van der Waals surface area contributed by atoms with E-state index in [0.29, 0.717) is 18.8 Å².